The molecule has 146 valence electrons. The van der Waals surface area contributed by atoms with Gasteiger partial charge in [0, 0.05) is 29.6 Å². The third-order valence-electron chi connectivity index (χ3n) is 5.62. The van der Waals surface area contributed by atoms with Gasteiger partial charge in [-0.25, -0.2) is 0 Å². The fourth-order valence-corrected chi connectivity index (χ4v) is 3.90. The second-order valence-electron chi connectivity index (χ2n) is 7.72. The summed E-state index contributed by atoms with van der Waals surface area (Å²) in [6, 6.07) is 8.34. The number of carbonyl (C=O) groups excluding carboxylic acids is 2. The zero-order valence-electron chi connectivity index (χ0n) is 16.3. The van der Waals surface area contributed by atoms with Crippen LogP contribution < -0.4 is 5.32 Å². The van der Waals surface area contributed by atoms with Gasteiger partial charge in [0.1, 0.15) is 0 Å². The summed E-state index contributed by atoms with van der Waals surface area (Å²) in [5.41, 5.74) is 2.31. The molecule has 0 radical (unpaired) electrons. The van der Waals surface area contributed by atoms with Crippen LogP contribution in [0.2, 0.25) is 0 Å². The number of aromatic amines is 1. The van der Waals surface area contributed by atoms with Gasteiger partial charge in [-0.05, 0) is 50.2 Å². The van der Waals surface area contributed by atoms with Gasteiger partial charge in [0.25, 0.3) is 5.91 Å². The van der Waals surface area contributed by atoms with Crippen LogP contribution in [0.15, 0.2) is 30.5 Å². The zero-order chi connectivity index (χ0) is 19.2. The van der Waals surface area contributed by atoms with Crippen molar-refractivity contribution in [1.82, 2.24) is 10.3 Å². The third kappa shape index (κ3) is 5.12. The molecule has 0 saturated heterocycles. The fraction of sp³-hybridized carbons (Fsp3) is 0.545. The summed E-state index contributed by atoms with van der Waals surface area (Å²) in [4.78, 5) is 27.6. The first kappa shape index (κ1) is 19.5. The van der Waals surface area contributed by atoms with Crippen molar-refractivity contribution in [2.45, 2.75) is 70.9 Å². The minimum Gasteiger partial charge on any atom is -0.453 e. The van der Waals surface area contributed by atoms with Crippen LogP contribution in [-0.2, 0) is 20.7 Å². The molecular formula is C22H30N2O3. The average Bonchev–Trinajstić information content (AvgIpc) is 3.07. The number of aromatic nitrogens is 1. The van der Waals surface area contributed by atoms with Crippen LogP contribution in [-0.4, -0.2) is 29.0 Å². The monoisotopic (exact) mass is 370 g/mol. The Kier molecular flexibility index (Phi) is 6.54. The molecule has 5 heteroatoms. The van der Waals surface area contributed by atoms with E-state index in [2.05, 4.69) is 23.3 Å². The highest BCUT2D eigenvalue weighted by molar-refractivity contribution is 5.84. The van der Waals surface area contributed by atoms with Crippen molar-refractivity contribution in [3.8, 4) is 0 Å². The molecule has 27 heavy (non-hydrogen) atoms. The zero-order valence-corrected chi connectivity index (χ0v) is 16.3. The molecule has 1 aliphatic carbocycles. The first-order valence-corrected chi connectivity index (χ1v) is 10.1. The lowest BCUT2D eigenvalue weighted by atomic mass is 9.86. The van der Waals surface area contributed by atoms with E-state index in [1.54, 1.807) is 6.92 Å². The van der Waals surface area contributed by atoms with Gasteiger partial charge in [0.05, 0.1) is 0 Å². The number of amides is 1. The molecule has 5 nitrogen and oxygen atoms in total. The Morgan fingerprint density at radius 2 is 2.04 bits per heavy atom. The number of fused-ring (bicyclic) bond motifs is 1. The Bertz CT molecular complexity index is 783. The molecule has 0 spiro atoms. The number of H-pyrrole nitrogens is 1. The highest BCUT2D eigenvalue weighted by Crippen LogP contribution is 2.24. The van der Waals surface area contributed by atoms with Gasteiger partial charge in [-0.2, -0.15) is 0 Å². The predicted octanol–water partition coefficient (Wildman–Crippen LogP) is 4.12. The number of ether oxygens (including phenoxy) is 1. The van der Waals surface area contributed by atoms with E-state index < -0.39 is 6.10 Å². The summed E-state index contributed by atoms with van der Waals surface area (Å²) in [6.07, 6.45) is 7.62. The summed E-state index contributed by atoms with van der Waals surface area (Å²) in [5.74, 6) is -0.00492. The molecule has 2 N–H and O–H groups in total. The number of para-hydroxylation sites is 1. The van der Waals surface area contributed by atoms with Gasteiger partial charge < -0.3 is 15.0 Å². The minimum atomic E-state index is -0.736. The molecule has 1 aliphatic rings. The van der Waals surface area contributed by atoms with Gasteiger partial charge in [0.2, 0.25) is 0 Å². The van der Waals surface area contributed by atoms with E-state index in [4.69, 9.17) is 4.74 Å². The van der Waals surface area contributed by atoms with Gasteiger partial charge in [-0.1, -0.05) is 38.0 Å². The summed E-state index contributed by atoms with van der Waals surface area (Å²) in [7, 11) is 0. The van der Waals surface area contributed by atoms with Crippen LogP contribution in [0.25, 0.3) is 10.9 Å². The van der Waals surface area contributed by atoms with Gasteiger partial charge in [0.15, 0.2) is 6.10 Å². The topological polar surface area (TPSA) is 71.2 Å². The lowest BCUT2D eigenvalue weighted by Crippen LogP contribution is -2.45. The summed E-state index contributed by atoms with van der Waals surface area (Å²) >= 11 is 0. The van der Waals surface area contributed by atoms with E-state index in [-0.39, 0.29) is 17.9 Å². The third-order valence-corrected chi connectivity index (χ3v) is 5.62. The smallest absolute Gasteiger partial charge is 0.306 e. The van der Waals surface area contributed by atoms with E-state index in [0.717, 1.165) is 31.2 Å². The van der Waals surface area contributed by atoms with Crippen LogP contribution >= 0.6 is 0 Å². The van der Waals surface area contributed by atoms with Crippen LogP contribution in [0, 0.1) is 5.92 Å². The molecule has 0 unspecified atom stereocenters. The van der Waals surface area contributed by atoms with Crippen molar-refractivity contribution >= 4 is 22.8 Å². The largest absolute Gasteiger partial charge is 0.453 e. The quantitative estimate of drug-likeness (QED) is 0.720. The van der Waals surface area contributed by atoms with Gasteiger partial charge in [-0.15, -0.1) is 0 Å². The van der Waals surface area contributed by atoms with Crippen LogP contribution in [0.1, 0.15) is 57.9 Å². The summed E-state index contributed by atoms with van der Waals surface area (Å²) < 4.78 is 5.34. The minimum absolute atomic E-state index is 0.182. The average molecular weight is 370 g/mol. The molecule has 3 rings (SSSR count). The molecule has 1 amide bonds. The Morgan fingerprint density at radius 1 is 1.26 bits per heavy atom. The molecule has 1 aromatic carbocycles. The molecule has 3 atom stereocenters. The SMILES string of the molecule is C[C@@H]1CCCC[C@@H]1NC(=O)[C@@H](C)OC(=O)CCCc1c[nH]c2ccccc12. The Hall–Kier alpha value is -2.30. The molecule has 0 bridgehead atoms. The van der Waals surface area contributed by atoms with Gasteiger partial charge >= 0.3 is 5.97 Å². The first-order valence-electron chi connectivity index (χ1n) is 10.1. The Morgan fingerprint density at radius 3 is 2.85 bits per heavy atom. The maximum absolute atomic E-state index is 12.3. The maximum Gasteiger partial charge on any atom is 0.306 e. The lowest BCUT2D eigenvalue weighted by Gasteiger charge is -2.30. The number of carbonyl (C=O) groups is 2. The van der Waals surface area contributed by atoms with Crippen LogP contribution in [0.5, 0.6) is 0 Å². The second-order valence-corrected chi connectivity index (χ2v) is 7.72. The van der Waals surface area contributed by atoms with E-state index in [9.17, 15) is 9.59 Å². The van der Waals surface area contributed by atoms with Crippen molar-refractivity contribution in [1.29, 1.82) is 0 Å². The normalized spacial score (nSPS) is 21.0. The maximum atomic E-state index is 12.3. The number of benzene rings is 1. The van der Waals surface area contributed by atoms with Crippen LogP contribution in [0.3, 0.4) is 0 Å². The van der Waals surface area contributed by atoms with E-state index in [0.29, 0.717) is 18.8 Å². The molecule has 1 heterocycles. The number of esters is 1. The number of rotatable bonds is 7. The van der Waals surface area contributed by atoms with Crippen molar-refractivity contribution in [2.75, 3.05) is 0 Å². The summed E-state index contributed by atoms with van der Waals surface area (Å²) in [6.45, 7) is 3.83. The van der Waals surface area contributed by atoms with Crippen molar-refractivity contribution < 1.29 is 14.3 Å². The molecule has 1 fully saturated rings. The number of nitrogens with one attached hydrogen (secondary N) is 2. The van der Waals surface area contributed by atoms with Crippen LogP contribution in [0.4, 0.5) is 0 Å². The number of hydrogen-bond acceptors (Lipinski definition) is 3. The Labute approximate surface area is 160 Å². The summed E-state index contributed by atoms with van der Waals surface area (Å²) in [5, 5.41) is 4.25. The van der Waals surface area contributed by atoms with Crippen molar-refractivity contribution in [3.05, 3.63) is 36.0 Å². The van der Waals surface area contributed by atoms with Gasteiger partial charge in [-0.3, -0.25) is 9.59 Å². The predicted molar refractivity (Wildman–Crippen MR) is 106 cm³/mol. The van der Waals surface area contributed by atoms with E-state index >= 15 is 0 Å². The van der Waals surface area contributed by atoms with Crippen molar-refractivity contribution in [2.24, 2.45) is 5.92 Å². The van der Waals surface area contributed by atoms with E-state index in [1.165, 1.54) is 17.4 Å². The number of hydrogen-bond donors (Lipinski definition) is 2. The standard InChI is InChI=1S/C22H30N2O3/c1-15-8-3-5-11-19(15)24-22(26)16(2)27-21(25)13-7-9-17-14-23-20-12-6-4-10-18(17)20/h4,6,10,12,14-16,19,23H,3,5,7-9,11,13H2,1-2H3,(H,24,26)/t15-,16-,19+/m1/s1. The Balaban J connectivity index is 1.41. The number of aryl methyl sites for hydroxylation is 1. The molecular weight excluding hydrogens is 340 g/mol. The molecule has 0 aliphatic heterocycles. The molecule has 1 saturated carbocycles. The second kappa shape index (κ2) is 9.07. The molecule has 1 aromatic heterocycles. The van der Waals surface area contributed by atoms with E-state index in [1.807, 2.05) is 24.4 Å². The lowest BCUT2D eigenvalue weighted by molar-refractivity contribution is -0.155. The van der Waals surface area contributed by atoms with Crippen molar-refractivity contribution in [3.63, 3.8) is 0 Å². The fourth-order valence-electron chi connectivity index (χ4n) is 3.90. The first-order chi connectivity index (χ1) is 13.0. The highest BCUT2D eigenvalue weighted by atomic mass is 16.5. The molecule has 2 aromatic rings. The highest BCUT2D eigenvalue weighted by Gasteiger charge is 2.26.